The Morgan fingerprint density at radius 1 is 1.29 bits per heavy atom. The molecule has 0 bridgehead atoms. The van der Waals surface area contributed by atoms with Gasteiger partial charge >= 0.3 is 0 Å². The molecule has 0 aliphatic heterocycles. The van der Waals surface area contributed by atoms with Gasteiger partial charge in [-0.3, -0.25) is 4.21 Å². The lowest BCUT2D eigenvalue weighted by atomic mass is 9.95. The maximum absolute atomic E-state index is 12.2. The van der Waals surface area contributed by atoms with Crippen LogP contribution in [0.2, 0.25) is 0 Å². The van der Waals surface area contributed by atoms with Crippen LogP contribution in [0.5, 0.6) is 0 Å². The number of nitrogens with zero attached hydrogens (tertiary/aromatic N) is 2. The summed E-state index contributed by atoms with van der Waals surface area (Å²) in [7, 11) is -0.724. The van der Waals surface area contributed by atoms with Crippen LogP contribution in [0.3, 0.4) is 0 Å². The first-order valence-electron chi connectivity index (χ1n) is 10.1. The number of oxazole rings is 1. The molecule has 0 spiro atoms. The Morgan fingerprint density at radius 3 is 2.86 bits per heavy atom. The van der Waals surface area contributed by atoms with Crippen LogP contribution in [0.1, 0.15) is 45.2 Å². The molecule has 1 fully saturated rings. The number of aliphatic imine (C=N–C) groups is 1. The number of benzene rings is 1. The van der Waals surface area contributed by atoms with E-state index >= 15 is 0 Å². The lowest BCUT2D eigenvalue weighted by molar-refractivity contribution is 0.413. The number of rotatable bonds is 7. The molecule has 2 aromatic rings. The summed E-state index contributed by atoms with van der Waals surface area (Å²) in [6, 6.07) is 10.2. The van der Waals surface area contributed by atoms with Gasteiger partial charge in [-0.15, -0.1) is 0 Å². The molecule has 0 saturated heterocycles. The Balaban J connectivity index is 1.61. The number of nitrogens with one attached hydrogen (secondary N) is 2. The summed E-state index contributed by atoms with van der Waals surface area (Å²) in [4.78, 5) is 9.21. The molecule has 1 saturated carbocycles. The van der Waals surface area contributed by atoms with Crippen molar-refractivity contribution < 1.29 is 8.63 Å². The lowest BCUT2D eigenvalue weighted by Gasteiger charge is -2.30. The monoisotopic (exact) mass is 402 g/mol. The fourth-order valence-electron chi connectivity index (χ4n) is 3.52. The molecule has 3 atom stereocenters. The minimum atomic E-state index is -0.724. The largest absolute Gasteiger partial charge is 0.444 e. The van der Waals surface area contributed by atoms with Crippen LogP contribution in [-0.4, -0.2) is 38.7 Å². The summed E-state index contributed by atoms with van der Waals surface area (Å²) in [6.45, 7) is 5.29. The summed E-state index contributed by atoms with van der Waals surface area (Å²) in [5, 5.41) is 7.12. The third-order valence-corrected chi connectivity index (χ3v) is 6.68. The van der Waals surface area contributed by atoms with E-state index in [1.165, 1.54) is 0 Å². The topological polar surface area (TPSA) is 79.5 Å². The van der Waals surface area contributed by atoms with Gasteiger partial charge in [0.25, 0.3) is 0 Å². The Morgan fingerprint density at radius 2 is 2.11 bits per heavy atom. The van der Waals surface area contributed by atoms with E-state index < -0.39 is 10.8 Å². The molecule has 1 aromatic heterocycles. The number of hydrogen-bond acceptors (Lipinski definition) is 4. The van der Waals surface area contributed by atoms with Crippen molar-refractivity contribution in [3.8, 4) is 11.5 Å². The van der Waals surface area contributed by atoms with Crippen LogP contribution < -0.4 is 10.6 Å². The Labute approximate surface area is 169 Å². The van der Waals surface area contributed by atoms with Crippen molar-refractivity contribution in [2.75, 3.05) is 12.3 Å². The van der Waals surface area contributed by atoms with Gasteiger partial charge in [0.05, 0.1) is 6.54 Å². The molecule has 7 heteroatoms. The van der Waals surface area contributed by atoms with Crippen molar-refractivity contribution in [3.05, 3.63) is 42.3 Å². The highest BCUT2D eigenvalue weighted by molar-refractivity contribution is 7.85. The van der Waals surface area contributed by atoms with E-state index in [1.54, 1.807) is 6.26 Å². The second kappa shape index (κ2) is 10.4. The van der Waals surface area contributed by atoms with Crippen molar-refractivity contribution in [2.45, 2.75) is 57.4 Å². The normalized spacial score (nSPS) is 21.3. The van der Waals surface area contributed by atoms with E-state index in [2.05, 4.69) is 27.5 Å². The number of aromatic nitrogens is 1. The van der Waals surface area contributed by atoms with E-state index in [1.807, 2.05) is 37.3 Å². The van der Waals surface area contributed by atoms with Crippen molar-refractivity contribution in [1.82, 2.24) is 15.6 Å². The summed E-state index contributed by atoms with van der Waals surface area (Å²) >= 11 is 0. The molecule has 0 amide bonds. The van der Waals surface area contributed by atoms with Gasteiger partial charge in [0.1, 0.15) is 12.0 Å². The molecule has 28 heavy (non-hydrogen) atoms. The third kappa shape index (κ3) is 5.67. The summed E-state index contributed by atoms with van der Waals surface area (Å²) < 4.78 is 17.8. The highest BCUT2D eigenvalue weighted by Crippen LogP contribution is 2.23. The SMILES string of the molecule is CCNC(=NCc1coc(-c2ccccc2)n1)NC1CCCC(S(=O)CC)C1. The number of guanidine groups is 1. The maximum Gasteiger partial charge on any atom is 0.226 e. The van der Waals surface area contributed by atoms with E-state index in [0.29, 0.717) is 23.7 Å². The van der Waals surface area contributed by atoms with Gasteiger partial charge in [0.15, 0.2) is 5.96 Å². The van der Waals surface area contributed by atoms with Crippen molar-refractivity contribution in [2.24, 2.45) is 4.99 Å². The van der Waals surface area contributed by atoms with Gasteiger partial charge in [-0.25, -0.2) is 9.98 Å². The molecule has 3 unspecified atom stereocenters. The molecular weight excluding hydrogens is 372 g/mol. The second-order valence-electron chi connectivity index (χ2n) is 7.00. The molecule has 1 heterocycles. The van der Waals surface area contributed by atoms with Gasteiger partial charge in [0, 0.05) is 40.0 Å². The molecular formula is C21H30N4O2S. The zero-order chi connectivity index (χ0) is 19.8. The zero-order valence-electron chi connectivity index (χ0n) is 16.7. The standard InChI is InChI=1S/C21H30N4O2S/c1-3-22-21(25-17-11-8-12-19(13-17)28(26)4-2)23-14-18-15-27-20(24-18)16-9-6-5-7-10-16/h5-7,9-10,15,17,19H,3-4,8,11-14H2,1-2H3,(H2,22,23,25). The molecule has 1 aliphatic rings. The van der Waals surface area contributed by atoms with E-state index in [0.717, 1.165) is 55.2 Å². The number of hydrogen-bond donors (Lipinski definition) is 2. The van der Waals surface area contributed by atoms with E-state index in [9.17, 15) is 4.21 Å². The van der Waals surface area contributed by atoms with Crippen LogP contribution in [-0.2, 0) is 17.3 Å². The van der Waals surface area contributed by atoms with E-state index in [-0.39, 0.29) is 0 Å². The smallest absolute Gasteiger partial charge is 0.226 e. The maximum atomic E-state index is 12.2. The molecule has 2 N–H and O–H groups in total. The average Bonchev–Trinajstić information content (AvgIpc) is 3.21. The van der Waals surface area contributed by atoms with Crippen molar-refractivity contribution in [1.29, 1.82) is 0 Å². The van der Waals surface area contributed by atoms with Crippen LogP contribution in [0.25, 0.3) is 11.5 Å². The Bertz CT molecular complexity index is 791. The quantitative estimate of drug-likeness (QED) is 0.548. The molecule has 152 valence electrons. The highest BCUT2D eigenvalue weighted by Gasteiger charge is 2.26. The first-order chi connectivity index (χ1) is 13.7. The minimum absolute atomic E-state index is 0.295. The summed E-state index contributed by atoms with van der Waals surface area (Å²) in [6.07, 6.45) is 5.86. The molecule has 0 radical (unpaired) electrons. The zero-order valence-corrected chi connectivity index (χ0v) is 17.5. The second-order valence-corrected chi connectivity index (χ2v) is 9.01. The Hall–Kier alpha value is -2.15. The van der Waals surface area contributed by atoms with Gasteiger partial charge in [-0.2, -0.15) is 0 Å². The van der Waals surface area contributed by atoms with Crippen LogP contribution in [0.15, 0.2) is 46.0 Å². The van der Waals surface area contributed by atoms with Gasteiger partial charge in [-0.05, 0) is 38.3 Å². The minimum Gasteiger partial charge on any atom is -0.444 e. The molecule has 6 nitrogen and oxygen atoms in total. The predicted octanol–water partition coefficient (Wildman–Crippen LogP) is 3.48. The van der Waals surface area contributed by atoms with Crippen molar-refractivity contribution >= 4 is 16.8 Å². The molecule has 3 rings (SSSR count). The van der Waals surface area contributed by atoms with Crippen LogP contribution in [0.4, 0.5) is 0 Å². The summed E-state index contributed by atoms with van der Waals surface area (Å²) in [5.74, 6) is 2.13. The Kier molecular flexibility index (Phi) is 7.65. The van der Waals surface area contributed by atoms with Gasteiger partial charge < -0.3 is 15.1 Å². The third-order valence-electron chi connectivity index (χ3n) is 4.94. The van der Waals surface area contributed by atoms with Crippen molar-refractivity contribution in [3.63, 3.8) is 0 Å². The van der Waals surface area contributed by atoms with E-state index in [4.69, 9.17) is 4.42 Å². The summed E-state index contributed by atoms with van der Waals surface area (Å²) in [5.41, 5.74) is 1.75. The molecule has 1 aliphatic carbocycles. The average molecular weight is 403 g/mol. The first kappa shape index (κ1) is 20.6. The van der Waals surface area contributed by atoms with Gasteiger partial charge in [0.2, 0.25) is 5.89 Å². The molecule has 1 aromatic carbocycles. The van der Waals surface area contributed by atoms with Crippen LogP contribution >= 0.6 is 0 Å². The lowest BCUT2D eigenvalue weighted by Crippen LogP contribution is -2.46. The predicted molar refractivity (Wildman–Crippen MR) is 115 cm³/mol. The highest BCUT2D eigenvalue weighted by atomic mass is 32.2. The van der Waals surface area contributed by atoms with Gasteiger partial charge in [-0.1, -0.05) is 31.5 Å². The fourth-order valence-corrected chi connectivity index (χ4v) is 4.86. The first-order valence-corrected chi connectivity index (χ1v) is 11.5. The fraction of sp³-hybridized carbons (Fsp3) is 0.524. The van der Waals surface area contributed by atoms with Crippen LogP contribution in [0, 0.1) is 0 Å².